The average Bonchev–Trinajstić information content (AvgIpc) is 2.93. The number of fused-ring (bicyclic) bond motifs is 1. The molecule has 1 unspecified atom stereocenters. The van der Waals surface area contributed by atoms with Crippen LogP contribution < -0.4 is 0 Å². The number of rotatable bonds is 5. The van der Waals surface area contributed by atoms with E-state index in [2.05, 4.69) is 9.97 Å². The van der Waals surface area contributed by atoms with E-state index in [-0.39, 0.29) is 22.4 Å². The predicted octanol–water partition coefficient (Wildman–Crippen LogP) is 4.71. The number of aryl methyl sites for hydroxylation is 1. The minimum atomic E-state index is -0.950. The zero-order chi connectivity index (χ0) is 18.8. The Balaban J connectivity index is 1.87. The van der Waals surface area contributed by atoms with Crippen molar-refractivity contribution in [2.75, 3.05) is 0 Å². The lowest BCUT2D eigenvalue weighted by molar-refractivity contribution is -0.136. The van der Waals surface area contributed by atoms with E-state index >= 15 is 0 Å². The fourth-order valence-corrected chi connectivity index (χ4v) is 5.16. The lowest BCUT2D eigenvalue weighted by atomic mass is 9.98. The van der Waals surface area contributed by atoms with E-state index in [0.29, 0.717) is 20.7 Å². The molecule has 1 saturated carbocycles. The molecule has 0 saturated heterocycles. The molecule has 140 valence electrons. The van der Waals surface area contributed by atoms with Gasteiger partial charge in [-0.3, -0.25) is 4.79 Å². The van der Waals surface area contributed by atoms with Crippen molar-refractivity contribution in [3.8, 4) is 0 Å². The Morgan fingerprint density at radius 2 is 2.00 bits per heavy atom. The fourth-order valence-electron chi connectivity index (χ4n) is 2.92. The first-order chi connectivity index (χ1) is 12.4. The number of aliphatic carboxylic acids is 1. The number of esters is 1. The summed E-state index contributed by atoms with van der Waals surface area (Å²) in [6.07, 6.45) is 5.15. The second-order valence-electron chi connectivity index (χ2n) is 6.30. The van der Waals surface area contributed by atoms with Crippen molar-refractivity contribution in [3.63, 3.8) is 0 Å². The van der Waals surface area contributed by atoms with Gasteiger partial charge in [0.05, 0.1) is 5.39 Å². The third-order valence-electron chi connectivity index (χ3n) is 4.37. The Labute approximate surface area is 164 Å². The van der Waals surface area contributed by atoms with E-state index in [4.69, 9.17) is 21.4 Å². The molecule has 6 nitrogen and oxygen atoms in total. The Hall–Kier alpha value is -1.38. The first-order valence-electron chi connectivity index (χ1n) is 8.44. The van der Waals surface area contributed by atoms with E-state index in [1.54, 1.807) is 13.8 Å². The third-order valence-corrected chi connectivity index (χ3v) is 6.75. The van der Waals surface area contributed by atoms with Crippen molar-refractivity contribution < 1.29 is 19.4 Å². The molecule has 0 spiro atoms. The monoisotopic (exact) mass is 414 g/mol. The molecule has 1 aliphatic rings. The molecule has 0 radical (unpaired) electrons. The summed E-state index contributed by atoms with van der Waals surface area (Å²) in [5.41, 5.74) is 0.707. The summed E-state index contributed by atoms with van der Waals surface area (Å²) in [5.74, 6) is -1.30. The van der Waals surface area contributed by atoms with Crippen LogP contribution in [0.4, 0.5) is 0 Å². The summed E-state index contributed by atoms with van der Waals surface area (Å²) in [7, 11) is 0. The van der Waals surface area contributed by atoms with Gasteiger partial charge in [-0.2, -0.15) is 0 Å². The number of carboxylic acid groups (broad SMARTS) is 1. The highest BCUT2D eigenvalue weighted by Gasteiger charge is 2.25. The van der Waals surface area contributed by atoms with E-state index in [1.807, 2.05) is 0 Å². The molecule has 2 aromatic rings. The number of halogens is 1. The molecule has 26 heavy (non-hydrogen) atoms. The highest BCUT2D eigenvalue weighted by Crippen LogP contribution is 2.36. The van der Waals surface area contributed by atoms with Crippen LogP contribution in [0.2, 0.25) is 5.15 Å². The Kier molecular flexibility index (Phi) is 6.04. The molecule has 0 amide bonds. The topological polar surface area (TPSA) is 89.4 Å². The molecule has 3 rings (SSSR count). The van der Waals surface area contributed by atoms with Crippen LogP contribution >= 0.6 is 34.7 Å². The highest BCUT2D eigenvalue weighted by molar-refractivity contribution is 8.00. The number of ether oxygens (including phenoxy) is 1. The van der Waals surface area contributed by atoms with Crippen LogP contribution in [0.1, 0.15) is 54.3 Å². The quantitative estimate of drug-likeness (QED) is 0.328. The summed E-state index contributed by atoms with van der Waals surface area (Å²) in [6.45, 7) is 3.36. The van der Waals surface area contributed by atoms with Gasteiger partial charge in [0.1, 0.15) is 26.2 Å². The van der Waals surface area contributed by atoms with Gasteiger partial charge in [0.2, 0.25) is 0 Å². The molecule has 0 aliphatic heterocycles. The van der Waals surface area contributed by atoms with Crippen molar-refractivity contribution in [3.05, 3.63) is 15.6 Å². The van der Waals surface area contributed by atoms with Gasteiger partial charge < -0.3 is 9.84 Å². The molecule has 1 aliphatic carbocycles. The van der Waals surface area contributed by atoms with Gasteiger partial charge in [-0.05, 0) is 45.1 Å². The minimum absolute atomic E-state index is 0.0232. The maximum Gasteiger partial charge on any atom is 0.348 e. The number of hydrogen-bond donors (Lipinski definition) is 1. The molecule has 9 heteroatoms. The Morgan fingerprint density at radius 3 is 2.65 bits per heavy atom. The number of aromatic nitrogens is 2. The summed E-state index contributed by atoms with van der Waals surface area (Å²) in [6, 6.07) is 0. The van der Waals surface area contributed by atoms with Gasteiger partial charge in [-0.15, -0.1) is 11.3 Å². The summed E-state index contributed by atoms with van der Waals surface area (Å²) in [5, 5.41) is 9.47. The number of thioether (sulfide) groups is 1. The Bertz CT molecular complexity index is 849. The van der Waals surface area contributed by atoms with E-state index in [9.17, 15) is 9.59 Å². The second-order valence-corrected chi connectivity index (χ2v) is 8.96. The Morgan fingerprint density at radius 1 is 1.31 bits per heavy atom. The zero-order valence-electron chi connectivity index (χ0n) is 14.5. The van der Waals surface area contributed by atoms with Gasteiger partial charge in [0.15, 0.2) is 5.16 Å². The van der Waals surface area contributed by atoms with Crippen LogP contribution in [0.15, 0.2) is 5.16 Å². The number of thiophene rings is 1. The van der Waals surface area contributed by atoms with Crippen molar-refractivity contribution in [2.45, 2.75) is 62.5 Å². The van der Waals surface area contributed by atoms with Crippen molar-refractivity contribution >= 4 is 56.9 Å². The average molecular weight is 415 g/mol. The molecular formula is C17H19ClN2O4S2. The largest absolute Gasteiger partial charge is 0.480 e. The van der Waals surface area contributed by atoms with Crippen LogP contribution in [0.25, 0.3) is 10.2 Å². The van der Waals surface area contributed by atoms with Crippen LogP contribution in [-0.4, -0.2) is 38.4 Å². The molecule has 1 atom stereocenters. The van der Waals surface area contributed by atoms with Gasteiger partial charge in [0, 0.05) is 0 Å². The summed E-state index contributed by atoms with van der Waals surface area (Å²) in [4.78, 5) is 33.2. The molecule has 1 N–H and O–H groups in total. The maximum absolute atomic E-state index is 12.6. The smallest absolute Gasteiger partial charge is 0.348 e. The zero-order valence-corrected chi connectivity index (χ0v) is 16.8. The molecular weight excluding hydrogens is 396 g/mol. The minimum Gasteiger partial charge on any atom is -0.480 e. The summed E-state index contributed by atoms with van der Waals surface area (Å²) < 4.78 is 5.65. The first kappa shape index (κ1) is 19.4. The number of carbonyl (C=O) groups excluding carboxylic acids is 1. The van der Waals surface area contributed by atoms with Crippen molar-refractivity contribution in [1.29, 1.82) is 0 Å². The normalized spacial score (nSPS) is 16.6. The van der Waals surface area contributed by atoms with Crippen molar-refractivity contribution in [1.82, 2.24) is 9.97 Å². The highest BCUT2D eigenvalue weighted by atomic mass is 35.5. The first-order valence-corrected chi connectivity index (χ1v) is 10.5. The summed E-state index contributed by atoms with van der Waals surface area (Å²) >= 11 is 8.51. The number of carbonyl (C=O) groups is 2. The van der Waals surface area contributed by atoms with Crippen LogP contribution in [0.3, 0.4) is 0 Å². The van der Waals surface area contributed by atoms with E-state index in [1.165, 1.54) is 17.8 Å². The van der Waals surface area contributed by atoms with E-state index in [0.717, 1.165) is 37.4 Å². The number of carboxylic acids is 1. The maximum atomic E-state index is 12.6. The van der Waals surface area contributed by atoms with Gasteiger partial charge >= 0.3 is 11.9 Å². The molecule has 0 aromatic carbocycles. The lowest BCUT2D eigenvalue weighted by Gasteiger charge is -2.21. The van der Waals surface area contributed by atoms with Crippen LogP contribution in [-0.2, 0) is 9.53 Å². The van der Waals surface area contributed by atoms with Crippen molar-refractivity contribution in [2.24, 2.45) is 0 Å². The van der Waals surface area contributed by atoms with Gasteiger partial charge in [-0.25, -0.2) is 14.8 Å². The standard InChI is InChI=1S/C17H19ClN2O4S2/c1-8-11-13(18)19-17(25-9(2)15(21)22)20-14(11)26-12(8)16(23)24-10-6-4-3-5-7-10/h9-10H,3-7H2,1-2H3,(H,21,22). The number of nitrogens with zero attached hydrogens (tertiary/aromatic N) is 2. The molecule has 1 fully saturated rings. The number of hydrogen-bond acceptors (Lipinski definition) is 7. The fraction of sp³-hybridized carbons (Fsp3) is 0.529. The molecule has 0 bridgehead atoms. The second kappa shape index (κ2) is 8.10. The van der Waals surface area contributed by atoms with Gasteiger partial charge in [-0.1, -0.05) is 29.8 Å². The third kappa shape index (κ3) is 4.13. The SMILES string of the molecule is Cc1c(C(=O)OC2CCCCC2)sc2nc(SC(C)C(=O)O)nc(Cl)c12. The van der Waals surface area contributed by atoms with E-state index < -0.39 is 11.2 Å². The van der Waals surface area contributed by atoms with Crippen LogP contribution in [0, 0.1) is 6.92 Å². The van der Waals surface area contributed by atoms with Gasteiger partial charge in [0.25, 0.3) is 0 Å². The lowest BCUT2D eigenvalue weighted by Crippen LogP contribution is -2.20. The molecule has 2 heterocycles. The predicted molar refractivity (Wildman–Crippen MR) is 102 cm³/mol. The van der Waals surface area contributed by atoms with Crippen LogP contribution in [0.5, 0.6) is 0 Å². The molecule has 2 aromatic heterocycles.